The van der Waals surface area contributed by atoms with Crippen molar-refractivity contribution in [1.29, 1.82) is 0 Å². The Bertz CT molecular complexity index is 1580. The number of hydrogen-bond donors (Lipinski definition) is 3. The zero-order valence-electron chi connectivity index (χ0n) is 30.9. The molecule has 2 heterocycles. The Hall–Kier alpha value is -4.52. The molecule has 3 N–H and O–H groups in total. The van der Waals surface area contributed by atoms with Gasteiger partial charge in [-0.3, -0.25) is 29.2 Å². The number of alkyl carbamates (subject to hydrolysis) is 1. The number of esters is 2. The monoisotopic (exact) mass is 695 g/mol. The van der Waals surface area contributed by atoms with E-state index in [0.29, 0.717) is 19.4 Å². The molecular weight excluding hydrogens is 642 g/mol. The molecule has 50 heavy (non-hydrogen) atoms. The number of hydrogen-bond acceptors (Lipinski definition) is 10. The van der Waals surface area contributed by atoms with Gasteiger partial charge in [0.2, 0.25) is 5.91 Å². The number of hydrazine groups is 1. The van der Waals surface area contributed by atoms with E-state index in [1.54, 1.807) is 60.7 Å². The van der Waals surface area contributed by atoms with E-state index >= 15 is 0 Å². The number of ether oxygens (including phenoxy) is 3. The molecule has 1 aliphatic heterocycles. The molecule has 2 unspecified atom stereocenters. The van der Waals surface area contributed by atoms with Crippen molar-refractivity contribution in [2.75, 3.05) is 6.54 Å². The number of fused-ring (bicyclic) bond motifs is 1. The average molecular weight is 696 g/mol. The van der Waals surface area contributed by atoms with Gasteiger partial charge in [-0.15, -0.1) is 0 Å². The van der Waals surface area contributed by atoms with Crippen LogP contribution in [0.15, 0.2) is 36.5 Å². The first-order valence-corrected chi connectivity index (χ1v) is 17.1. The summed E-state index contributed by atoms with van der Waals surface area (Å²) in [5, 5.41) is 7.44. The minimum atomic E-state index is -0.936. The number of amides is 3. The molecule has 1 saturated heterocycles. The summed E-state index contributed by atoms with van der Waals surface area (Å²) in [5.41, 5.74) is 4.03. The number of pyridine rings is 1. The van der Waals surface area contributed by atoms with E-state index < -0.39 is 59.3 Å². The summed E-state index contributed by atoms with van der Waals surface area (Å²) < 4.78 is 16.4. The van der Waals surface area contributed by atoms with Crippen molar-refractivity contribution in [1.82, 2.24) is 26.1 Å². The summed E-state index contributed by atoms with van der Waals surface area (Å²) >= 11 is 0. The first-order valence-electron chi connectivity index (χ1n) is 17.1. The minimum Gasteiger partial charge on any atom is -0.460 e. The maximum absolute atomic E-state index is 13.3. The molecule has 13 nitrogen and oxygen atoms in total. The Labute approximate surface area is 294 Å². The number of aromatic nitrogens is 1. The van der Waals surface area contributed by atoms with Crippen LogP contribution in [0.1, 0.15) is 106 Å². The van der Waals surface area contributed by atoms with Gasteiger partial charge in [0.25, 0.3) is 5.91 Å². The predicted molar refractivity (Wildman–Crippen MR) is 189 cm³/mol. The molecule has 3 rings (SSSR count). The lowest BCUT2D eigenvalue weighted by Crippen LogP contribution is -2.61. The SMILES string of the molecule is CC(NC(=O)C(NC(=O)OC(C)(C)C)C(C)C)C(=O)N1CCC[C@@H](C(=O)O[C@H](C)c2ccc3ncc(/C=C/CC(=O)OC(C)(C)C)cc3c2)N1. The Balaban J connectivity index is 1.59. The Morgan fingerprint density at radius 1 is 0.980 bits per heavy atom. The standard InChI is InChI=1S/C37H53N5O8/c1-22(2)31(40-35(47)50-37(8,9)10)32(44)39-23(3)33(45)42-18-12-14-29(41-42)34(46)48-24(4)26-16-17-28-27(20-26)19-25(21-38-28)13-11-15-30(43)49-36(5,6)7/h11,13,16-17,19-24,29,31,41H,12,14-15,18H2,1-10H3,(H,39,44)(H,40,47)/b13-11+/t23?,24-,29+,31?/m1/s1. The van der Waals surface area contributed by atoms with E-state index in [-0.39, 0.29) is 18.3 Å². The molecule has 4 atom stereocenters. The fraction of sp³-hybridized carbons (Fsp3) is 0.568. The maximum Gasteiger partial charge on any atom is 0.408 e. The van der Waals surface area contributed by atoms with Gasteiger partial charge in [0.05, 0.1) is 11.9 Å². The number of carbonyl (C=O) groups excluding carboxylic acids is 5. The van der Waals surface area contributed by atoms with Crippen LogP contribution in [0.25, 0.3) is 17.0 Å². The molecule has 3 amide bonds. The summed E-state index contributed by atoms with van der Waals surface area (Å²) in [6.07, 6.45) is 5.10. The van der Waals surface area contributed by atoms with E-state index in [9.17, 15) is 24.0 Å². The largest absolute Gasteiger partial charge is 0.460 e. The number of carbonyl (C=O) groups is 5. The summed E-state index contributed by atoms with van der Waals surface area (Å²) in [7, 11) is 0. The third-order valence-electron chi connectivity index (χ3n) is 7.59. The lowest BCUT2D eigenvalue weighted by molar-refractivity contribution is -0.157. The fourth-order valence-corrected chi connectivity index (χ4v) is 5.19. The molecular formula is C37H53N5O8. The maximum atomic E-state index is 13.3. The van der Waals surface area contributed by atoms with Gasteiger partial charge in [0, 0.05) is 18.1 Å². The molecule has 2 aromatic rings. The second-order valence-electron chi connectivity index (χ2n) is 14.9. The third kappa shape index (κ3) is 12.4. The molecule has 1 aliphatic rings. The van der Waals surface area contributed by atoms with Gasteiger partial charge in [-0.05, 0) is 103 Å². The lowest BCUT2D eigenvalue weighted by atomic mass is 10.0. The molecule has 1 aromatic carbocycles. The average Bonchev–Trinajstić information content (AvgIpc) is 3.01. The molecule has 274 valence electrons. The smallest absolute Gasteiger partial charge is 0.408 e. The first-order chi connectivity index (χ1) is 23.2. The Morgan fingerprint density at radius 2 is 1.66 bits per heavy atom. The van der Waals surface area contributed by atoms with Crippen molar-refractivity contribution in [2.45, 2.75) is 124 Å². The number of nitrogens with zero attached hydrogens (tertiary/aromatic N) is 2. The Kier molecular flexibility index (Phi) is 13.5. The zero-order valence-corrected chi connectivity index (χ0v) is 30.9. The highest BCUT2D eigenvalue weighted by atomic mass is 16.6. The van der Waals surface area contributed by atoms with Gasteiger partial charge in [0.1, 0.15) is 35.4 Å². The number of nitrogens with one attached hydrogen (secondary N) is 3. The second-order valence-corrected chi connectivity index (χ2v) is 14.9. The zero-order chi connectivity index (χ0) is 37.4. The van der Waals surface area contributed by atoms with Gasteiger partial charge < -0.3 is 24.8 Å². The van der Waals surface area contributed by atoms with Crippen LogP contribution >= 0.6 is 0 Å². The van der Waals surface area contributed by atoms with Crippen molar-refractivity contribution in [2.24, 2.45) is 5.92 Å². The van der Waals surface area contributed by atoms with Gasteiger partial charge in [-0.1, -0.05) is 32.1 Å². The van der Waals surface area contributed by atoms with E-state index in [0.717, 1.165) is 22.0 Å². The molecule has 1 fully saturated rings. The van der Waals surface area contributed by atoms with E-state index in [4.69, 9.17) is 14.2 Å². The summed E-state index contributed by atoms with van der Waals surface area (Å²) in [5.74, 6) is -2.05. The van der Waals surface area contributed by atoms with Gasteiger partial charge >= 0.3 is 18.0 Å². The highest BCUT2D eigenvalue weighted by molar-refractivity contribution is 5.91. The van der Waals surface area contributed by atoms with Crippen LogP contribution in [0.5, 0.6) is 0 Å². The molecule has 0 saturated carbocycles. The second kappa shape index (κ2) is 16.9. The predicted octanol–water partition coefficient (Wildman–Crippen LogP) is 5.13. The number of benzene rings is 1. The normalized spacial score (nSPS) is 17.2. The van der Waals surface area contributed by atoms with Crippen molar-refractivity contribution in [3.63, 3.8) is 0 Å². The van der Waals surface area contributed by atoms with Crippen molar-refractivity contribution < 1.29 is 38.2 Å². The van der Waals surface area contributed by atoms with Crippen molar-refractivity contribution in [3.05, 3.63) is 47.7 Å². The van der Waals surface area contributed by atoms with Crippen LogP contribution in [-0.4, -0.2) is 75.7 Å². The van der Waals surface area contributed by atoms with E-state index in [1.807, 2.05) is 51.1 Å². The first kappa shape index (κ1) is 39.9. The summed E-state index contributed by atoms with van der Waals surface area (Å²) in [6.45, 7) is 17.9. The molecule has 0 spiro atoms. The van der Waals surface area contributed by atoms with Crippen LogP contribution < -0.4 is 16.1 Å². The van der Waals surface area contributed by atoms with E-state index in [2.05, 4.69) is 21.0 Å². The molecule has 13 heteroatoms. The van der Waals surface area contributed by atoms with E-state index in [1.165, 1.54) is 5.01 Å². The lowest BCUT2D eigenvalue weighted by Gasteiger charge is -2.35. The van der Waals surface area contributed by atoms with Crippen molar-refractivity contribution >= 4 is 46.8 Å². The number of rotatable bonds is 11. The molecule has 0 bridgehead atoms. The van der Waals surface area contributed by atoms with Crippen LogP contribution in [0.3, 0.4) is 0 Å². The topological polar surface area (TPSA) is 165 Å². The minimum absolute atomic E-state index is 0.139. The van der Waals surface area contributed by atoms with Crippen molar-refractivity contribution in [3.8, 4) is 0 Å². The third-order valence-corrected chi connectivity index (χ3v) is 7.59. The van der Waals surface area contributed by atoms with Crippen LogP contribution in [0, 0.1) is 5.92 Å². The van der Waals surface area contributed by atoms with Crippen LogP contribution in [-0.2, 0) is 33.4 Å². The van der Waals surface area contributed by atoms with Gasteiger partial charge in [0.15, 0.2) is 0 Å². The summed E-state index contributed by atoms with van der Waals surface area (Å²) in [4.78, 5) is 68.4. The molecule has 1 aromatic heterocycles. The quantitative estimate of drug-likeness (QED) is 0.212. The van der Waals surface area contributed by atoms with Crippen LogP contribution in [0.2, 0.25) is 0 Å². The van der Waals surface area contributed by atoms with Gasteiger partial charge in [-0.25, -0.2) is 10.2 Å². The molecule has 0 radical (unpaired) electrons. The highest BCUT2D eigenvalue weighted by Gasteiger charge is 2.34. The van der Waals surface area contributed by atoms with Gasteiger partial charge in [-0.2, -0.15) is 0 Å². The highest BCUT2D eigenvalue weighted by Crippen LogP contribution is 2.24. The Morgan fingerprint density at radius 3 is 2.30 bits per heavy atom. The fourth-order valence-electron chi connectivity index (χ4n) is 5.19. The molecule has 0 aliphatic carbocycles. The van der Waals surface area contributed by atoms with Crippen LogP contribution in [0.4, 0.5) is 4.79 Å². The summed E-state index contributed by atoms with van der Waals surface area (Å²) in [6, 6.07) is 4.92.